The summed E-state index contributed by atoms with van der Waals surface area (Å²) in [6, 6.07) is 20.8. The molecule has 0 bridgehead atoms. The molecule has 0 radical (unpaired) electrons. The van der Waals surface area contributed by atoms with Crippen LogP contribution in [-0.2, 0) is 22.6 Å². The van der Waals surface area contributed by atoms with Crippen LogP contribution in [0.2, 0.25) is 0 Å². The van der Waals surface area contributed by atoms with Gasteiger partial charge in [0.2, 0.25) is 0 Å². The molecule has 0 saturated carbocycles. The monoisotopic (exact) mass is 459 g/mol. The molecular formula is C25H21N3O6. The van der Waals surface area contributed by atoms with Crippen molar-refractivity contribution >= 4 is 28.7 Å². The van der Waals surface area contributed by atoms with Gasteiger partial charge in [-0.1, -0.05) is 48.5 Å². The first-order valence-corrected chi connectivity index (χ1v) is 10.5. The topological polar surface area (TPSA) is 124 Å². The summed E-state index contributed by atoms with van der Waals surface area (Å²) in [5, 5.41) is 14.3. The number of nitro benzene ring substituents is 1. The fraction of sp³-hybridized carbons (Fsp3) is 0.120. The highest BCUT2D eigenvalue weighted by atomic mass is 16.6. The Bertz CT molecular complexity index is 1300. The molecule has 34 heavy (non-hydrogen) atoms. The molecule has 0 aliphatic carbocycles. The van der Waals surface area contributed by atoms with Crippen LogP contribution in [0.15, 0.2) is 85.1 Å². The maximum absolute atomic E-state index is 13.0. The highest BCUT2D eigenvalue weighted by Crippen LogP contribution is 2.21. The number of alkyl carbamates (subject to hydrolysis) is 1. The molecular weight excluding hydrogens is 438 g/mol. The van der Waals surface area contributed by atoms with Crippen molar-refractivity contribution in [3.05, 3.63) is 106 Å². The number of carbonyl (C=O) groups is 2. The molecule has 0 aliphatic heterocycles. The molecule has 1 atom stereocenters. The van der Waals surface area contributed by atoms with E-state index in [2.05, 4.69) is 10.3 Å². The average Bonchev–Trinajstić information content (AvgIpc) is 3.26. The number of hydrogen-bond donors (Lipinski definition) is 2. The van der Waals surface area contributed by atoms with Crippen molar-refractivity contribution in [3.8, 4) is 5.75 Å². The van der Waals surface area contributed by atoms with E-state index in [1.807, 2.05) is 54.6 Å². The van der Waals surface area contributed by atoms with Gasteiger partial charge in [0.25, 0.3) is 5.69 Å². The minimum atomic E-state index is -1.06. The zero-order valence-electron chi connectivity index (χ0n) is 18.0. The van der Waals surface area contributed by atoms with Gasteiger partial charge in [0.05, 0.1) is 4.92 Å². The van der Waals surface area contributed by atoms with E-state index in [0.29, 0.717) is 0 Å². The van der Waals surface area contributed by atoms with E-state index in [1.165, 1.54) is 24.3 Å². The van der Waals surface area contributed by atoms with Crippen LogP contribution in [0.25, 0.3) is 10.9 Å². The van der Waals surface area contributed by atoms with Crippen LogP contribution in [0.5, 0.6) is 5.75 Å². The predicted octanol–water partition coefficient (Wildman–Crippen LogP) is 4.52. The fourth-order valence-corrected chi connectivity index (χ4v) is 3.44. The Kier molecular flexibility index (Phi) is 6.83. The van der Waals surface area contributed by atoms with Crippen LogP contribution in [-0.4, -0.2) is 28.0 Å². The van der Waals surface area contributed by atoms with Crippen LogP contribution in [0.1, 0.15) is 11.1 Å². The van der Waals surface area contributed by atoms with E-state index in [0.717, 1.165) is 22.0 Å². The van der Waals surface area contributed by atoms with E-state index < -0.39 is 23.0 Å². The van der Waals surface area contributed by atoms with Gasteiger partial charge in [-0.3, -0.25) is 10.1 Å². The molecule has 0 unspecified atom stereocenters. The van der Waals surface area contributed by atoms with Crippen molar-refractivity contribution < 1.29 is 24.0 Å². The van der Waals surface area contributed by atoms with Gasteiger partial charge in [0, 0.05) is 35.7 Å². The van der Waals surface area contributed by atoms with Gasteiger partial charge in [-0.15, -0.1) is 0 Å². The molecule has 0 aliphatic rings. The number of hydrogen-bond acceptors (Lipinski definition) is 6. The smallest absolute Gasteiger partial charge is 0.408 e. The maximum atomic E-state index is 13.0. The second kappa shape index (κ2) is 10.3. The van der Waals surface area contributed by atoms with Gasteiger partial charge in [-0.25, -0.2) is 9.59 Å². The number of nitrogens with zero attached hydrogens (tertiary/aromatic N) is 1. The standard InChI is InChI=1S/C25H21N3O6/c29-24(34-20-12-10-19(11-13-20)28(31)32)23(14-18-15-26-22-9-5-4-8-21(18)22)27-25(30)33-16-17-6-2-1-3-7-17/h1-13,15,23,26H,14,16H2,(H,27,30)/t23-/m1/s1. The normalized spacial score (nSPS) is 11.5. The molecule has 3 aromatic carbocycles. The summed E-state index contributed by atoms with van der Waals surface area (Å²) < 4.78 is 10.7. The first-order chi connectivity index (χ1) is 16.5. The average molecular weight is 459 g/mol. The molecule has 4 aromatic rings. The lowest BCUT2D eigenvalue weighted by molar-refractivity contribution is -0.384. The highest BCUT2D eigenvalue weighted by Gasteiger charge is 2.25. The number of H-pyrrole nitrogens is 1. The largest absolute Gasteiger partial charge is 0.445 e. The summed E-state index contributed by atoms with van der Waals surface area (Å²) in [4.78, 5) is 38.9. The van der Waals surface area contributed by atoms with Crippen molar-refractivity contribution in [1.29, 1.82) is 0 Å². The molecule has 1 heterocycles. The molecule has 9 nitrogen and oxygen atoms in total. The Balaban J connectivity index is 1.49. The van der Waals surface area contributed by atoms with Crippen molar-refractivity contribution in [2.75, 3.05) is 0 Å². The van der Waals surface area contributed by atoms with E-state index in [-0.39, 0.29) is 24.5 Å². The zero-order chi connectivity index (χ0) is 23.9. The second-order valence-electron chi connectivity index (χ2n) is 7.49. The molecule has 2 N–H and O–H groups in total. The SMILES string of the molecule is O=C(N[C@H](Cc1c[nH]c2ccccc12)C(=O)Oc1ccc([N+](=O)[O-])cc1)OCc1ccccc1. The number of esters is 1. The summed E-state index contributed by atoms with van der Waals surface area (Å²) in [6.07, 6.45) is 1.15. The van der Waals surface area contributed by atoms with Gasteiger partial charge in [-0.05, 0) is 29.3 Å². The number of para-hydroxylation sites is 1. The number of nitrogens with one attached hydrogen (secondary N) is 2. The predicted molar refractivity (Wildman–Crippen MR) is 124 cm³/mol. The number of aromatic nitrogens is 1. The highest BCUT2D eigenvalue weighted by molar-refractivity contribution is 5.86. The van der Waals surface area contributed by atoms with Crippen LogP contribution in [0.3, 0.4) is 0 Å². The van der Waals surface area contributed by atoms with Crippen molar-refractivity contribution in [1.82, 2.24) is 10.3 Å². The number of ether oxygens (including phenoxy) is 2. The maximum Gasteiger partial charge on any atom is 0.408 e. The Morgan fingerprint density at radius 2 is 1.68 bits per heavy atom. The number of aromatic amines is 1. The summed E-state index contributed by atoms with van der Waals surface area (Å²) in [5.74, 6) is -0.602. The zero-order valence-corrected chi connectivity index (χ0v) is 18.0. The van der Waals surface area contributed by atoms with Crippen molar-refractivity contribution in [3.63, 3.8) is 0 Å². The molecule has 0 fully saturated rings. The summed E-state index contributed by atoms with van der Waals surface area (Å²) >= 11 is 0. The van der Waals surface area contributed by atoms with Crippen LogP contribution in [0, 0.1) is 10.1 Å². The van der Waals surface area contributed by atoms with Gasteiger partial charge < -0.3 is 19.8 Å². The molecule has 0 saturated heterocycles. The fourth-order valence-electron chi connectivity index (χ4n) is 3.44. The molecule has 172 valence electrons. The van der Waals surface area contributed by atoms with Crippen molar-refractivity contribution in [2.45, 2.75) is 19.1 Å². The number of benzene rings is 3. The van der Waals surface area contributed by atoms with Gasteiger partial charge in [0.1, 0.15) is 18.4 Å². The molecule has 4 rings (SSSR count). The molecule has 1 amide bonds. The van der Waals surface area contributed by atoms with Gasteiger partial charge in [0.15, 0.2) is 0 Å². The minimum Gasteiger partial charge on any atom is -0.445 e. The van der Waals surface area contributed by atoms with E-state index in [4.69, 9.17) is 9.47 Å². The summed E-state index contributed by atoms with van der Waals surface area (Å²) in [6.45, 7) is 0.0455. The van der Waals surface area contributed by atoms with E-state index >= 15 is 0 Å². The first kappa shape index (κ1) is 22.5. The Hall–Kier alpha value is -4.66. The van der Waals surface area contributed by atoms with Crippen molar-refractivity contribution in [2.24, 2.45) is 0 Å². The summed E-state index contributed by atoms with van der Waals surface area (Å²) in [5.41, 5.74) is 2.38. The van der Waals surface area contributed by atoms with Gasteiger partial charge in [-0.2, -0.15) is 0 Å². The Morgan fingerprint density at radius 3 is 2.41 bits per heavy atom. The number of nitro groups is 1. The minimum absolute atomic E-state index is 0.0455. The lowest BCUT2D eigenvalue weighted by Crippen LogP contribution is -2.44. The van der Waals surface area contributed by atoms with Crippen LogP contribution < -0.4 is 10.1 Å². The molecule has 0 spiro atoms. The third kappa shape index (κ3) is 5.57. The summed E-state index contributed by atoms with van der Waals surface area (Å²) in [7, 11) is 0. The quantitative estimate of drug-likeness (QED) is 0.173. The third-order valence-electron chi connectivity index (χ3n) is 5.15. The Morgan fingerprint density at radius 1 is 0.971 bits per heavy atom. The number of amides is 1. The number of rotatable bonds is 8. The van der Waals surface area contributed by atoms with Gasteiger partial charge >= 0.3 is 12.1 Å². The van der Waals surface area contributed by atoms with Crippen LogP contribution >= 0.6 is 0 Å². The Labute approximate surface area is 194 Å². The van der Waals surface area contributed by atoms with E-state index in [1.54, 1.807) is 6.20 Å². The lowest BCUT2D eigenvalue weighted by atomic mass is 10.1. The third-order valence-corrected chi connectivity index (χ3v) is 5.15. The second-order valence-corrected chi connectivity index (χ2v) is 7.49. The molecule has 9 heteroatoms. The number of carbonyl (C=O) groups excluding carboxylic acids is 2. The number of fused-ring (bicyclic) bond motifs is 1. The van der Waals surface area contributed by atoms with E-state index in [9.17, 15) is 19.7 Å². The van der Waals surface area contributed by atoms with Crippen LogP contribution in [0.4, 0.5) is 10.5 Å². The first-order valence-electron chi connectivity index (χ1n) is 10.5. The number of non-ortho nitro benzene ring substituents is 1. The lowest BCUT2D eigenvalue weighted by Gasteiger charge is -2.17. The molecule has 1 aromatic heterocycles.